The smallest absolute Gasteiger partial charge is 0.306 e. The standard InChI is InChI=1S/C55H88O6/c1-4-7-10-13-16-19-22-25-27-28-31-33-36-39-42-45-48-54(57)60-51-52(50-59-53(56)47-44-41-38-35-32-29-24-21-18-15-12-9-6-3)61-55(58)49-46-43-40-37-34-30-26-23-20-17-14-11-8-5-2/h7,9-10,12,15-16,18-19,21,24-25,27,29-30,32,34-35,38,52H,4-6,8,11,13-14,17,20,22-23,26,28,31,33,36-37,39-51H2,1-3H3/b10-7+,12-9+,18-15+,19-16+,24-21+,27-25+,32-29+,34-30+,38-35+. The van der Waals surface area contributed by atoms with Gasteiger partial charge in [-0.15, -0.1) is 0 Å². The molecule has 0 aromatic carbocycles. The summed E-state index contributed by atoms with van der Waals surface area (Å²) in [6.07, 6.45) is 65.1. The fraction of sp³-hybridized carbons (Fsp3) is 0.618. The number of rotatable bonds is 42. The third kappa shape index (κ3) is 47.0. The highest BCUT2D eigenvalue weighted by Crippen LogP contribution is 2.13. The lowest BCUT2D eigenvalue weighted by atomic mass is 10.1. The maximum absolute atomic E-state index is 12.8. The van der Waals surface area contributed by atoms with Crippen LogP contribution in [0.25, 0.3) is 0 Å². The van der Waals surface area contributed by atoms with Crippen molar-refractivity contribution in [2.24, 2.45) is 0 Å². The molecule has 1 atom stereocenters. The molecule has 0 saturated heterocycles. The van der Waals surface area contributed by atoms with E-state index in [0.29, 0.717) is 12.8 Å². The second-order valence-electron chi connectivity index (χ2n) is 15.7. The summed E-state index contributed by atoms with van der Waals surface area (Å²) in [5.41, 5.74) is 0. The van der Waals surface area contributed by atoms with Crippen molar-refractivity contribution in [2.75, 3.05) is 13.2 Å². The van der Waals surface area contributed by atoms with E-state index in [1.54, 1.807) is 0 Å². The van der Waals surface area contributed by atoms with Gasteiger partial charge in [0.05, 0.1) is 0 Å². The summed E-state index contributed by atoms with van der Waals surface area (Å²) in [6.45, 7) is 6.27. The van der Waals surface area contributed by atoms with Crippen molar-refractivity contribution in [3.05, 3.63) is 109 Å². The van der Waals surface area contributed by atoms with Crippen LogP contribution in [0.5, 0.6) is 0 Å². The molecule has 1 unspecified atom stereocenters. The van der Waals surface area contributed by atoms with Crippen LogP contribution < -0.4 is 0 Å². The number of carbonyl (C=O) groups excluding carboxylic acids is 3. The highest BCUT2D eigenvalue weighted by Gasteiger charge is 2.19. The Hall–Kier alpha value is -3.93. The van der Waals surface area contributed by atoms with Gasteiger partial charge in [0.1, 0.15) is 13.2 Å². The quantitative estimate of drug-likeness (QED) is 0.0200. The van der Waals surface area contributed by atoms with Gasteiger partial charge in [0.15, 0.2) is 6.10 Å². The highest BCUT2D eigenvalue weighted by molar-refractivity contribution is 5.71. The molecule has 0 bridgehead atoms. The van der Waals surface area contributed by atoms with Crippen LogP contribution in [0.4, 0.5) is 0 Å². The Morgan fingerprint density at radius 1 is 0.361 bits per heavy atom. The van der Waals surface area contributed by atoms with Gasteiger partial charge < -0.3 is 14.2 Å². The van der Waals surface area contributed by atoms with E-state index >= 15 is 0 Å². The molecule has 6 nitrogen and oxygen atoms in total. The molecule has 6 heteroatoms. The Morgan fingerprint density at radius 2 is 0.738 bits per heavy atom. The van der Waals surface area contributed by atoms with Crippen molar-refractivity contribution in [1.82, 2.24) is 0 Å². The zero-order valence-corrected chi connectivity index (χ0v) is 39.1. The van der Waals surface area contributed by atoms with Gasteiger partial charge >= 0.3 is 17.9 Å². The van der Waals surface area contributed by atoms with Crippen LogP contribution in [-0.4, -0.2) is 37.2 Å². The summed E-state index contributed by atoms with van der Waals surface area (Å²) < 4.78 is 16.7. The van der Waals surface area contributed by atoms with Crippen molar-refractivity contribution in [3.8, 4) is 0 Å². The Balaban J connectivity index is 4.54. The maximum atomic E-state index is 12.8. The topological polar surface area (TPSA) is 78.9 Å². The number of unbranched alkanes of at least 4 members (excludes halogenated alkanes) is 17. The van der Waals surface area contributed by atoms with E-state index in [1.807, 2.05) is 54.7 Å². The van der Waals surface area contributed by atoms with Crippen LogP contribution in [0.1, 0.15) is 201 Å². The first-order valence-electron chi connectivity index (χ1n) is 24.5. The van der Waals surface area contributed by atoms with Crippen LogP contribution in [0.2, 0.25) is 0 Å². The molecule has 0 aliphatic heterocycles. The van der Waals surface area contributed by atoms with E-state index in [-0.39, 0.29) is 44.0 Å². The fourth-order valence-electron chi connectivity index (χ4n) is 6.24. The first kappa shape index (κ1) is 57.1. The van der Waals surface area contributed by atoms with Gasteiger partial charge in [-0.25, -0.2) is 0 Å². The minimum Gasteiger partial charge on any atom is -0.462 e. The minimum atomic E-state index is -0.821. The molecule has 0 aromatic rings. The van der Waals surface area contributed by atoms with Crippen LogP contribution in [0.3, 0.4) is 0 Å². The van der Waals surface area contributed by atoms with Crippen LogP contribution in [0, 0.1) is 0 Å². The summed E-state index contributed by atoms with van der Waals surface area (Å²) >= 11 is 0. The van der Waals surface area contributed by atoms with Crippen LogP contribution >= 0.6 is 0 Å². The summed E-state index contributed by atoms with van der Waals surface area (Å²) in [7, 11) is 0. The molecule has 0 aliphatic rings. The molecule has 0 aromatic heterocycles. The molecule has 0 rings (SSSR count). The van der Waals surface area contributed by atoms with Crippen LogP contribution in [0.15, 0.2) is 109 Å². The van der Waals surface area contributed by atoms with E-state index in [9.17, 15) is 14.4 Å². The molecule has 0 aliphatic carbocycles. The van der Waals surface area contributed by atoms with Gasteiger partial charge in [-0.1, -0.05) is 201 Å². The normalized spacial score (nSPS) is 13.0. The second-order valence-corrected chi connectivity index (χ2v) is 15.7. The van der Waals surface area contributed by atoms with E-state index in [2.05, 4.69) is 75.5 Å². The van der Waals surface area contributed by atoms with Gasteiger partial charge in [-0.3, -0.25) is 14.4 Å². The predicted molar refractivity (Wildman–Crippen MR) is 260 cm³/mol. The molecule has 61 heavy (non-hydrogen) atoms. The summed E-state index contributed by atoms with van der Waals surface area (Å²) in [4.78, 5) is 37.9. The minimum absolute atomic E-state index is 0.116. The largest absolute Gasteiger partial charge is 0.462 e. The predicted octanol–water partition coefficient (Wildman–Crippen LogP) is 16.0. The number of allylic oxidation sites excluding steroid dienone is 18. The Labute approximate surface area is 374 Å². The van der Waals surface area contributed by atoms with Gasteiger partial charge in [-0.2, -0.15) is 0 Å². The van der Waals surface area contributed by atoms with Crippen molar-refractivity contribution >= 4 is 17.9 Å². The average Bonchev–Trinajstić information content (AvgIpc) is 3.26. The lowest BCUT2D eigenvalue weighted by Gasteiger charge is -2.18. The van der Waals surface area contributed by atoms with Crippen LogP contribution in [-0.2, 0) is 28.6 Å². The summed E-state index contributed by atoms with van der Waals surface area (Å²) in [5.74, 6) is -1.03. The molecule has 0 fully saturated rings. The number of ether oxygens (including phenoxy) is 3. The van der Waals surface area contributed by atoms with E-state index in [4.69, 9.17) is 14.2 Å². The molecule has 0 spiro atoms. The van der Waals surface area contributed by atoms with E-state index in [1.165, 1.54) is 57.8 Å². The SMILES string of the molecule is CC/C=C/C=C/C=C/C=C/C=C/CCCC(=O)OCC(COC(=O)CCCCCCCC/C=C/C/C=C/C/C=C/CC)OC(=O)CCCCC/C=C/CCCCCCCCC. The second kappa shape index (κ2) is 48.7. The van der Waals surface area contributed by atoms with Gasteiger partial charge in [0.2, 0.25) is 0 Å². The van der Waals surface area contributed by atoms with Gasteiger partial charge in [0.25, 0.3) is 0 Å². The highest BCUT2D eigenvalue weighted by atomic mass is 16.6. The molecular weight excluding hydrogens is 757 g/mol. The van der Waals surface area contributed by atoms with Gasteiger partial charge in [-0.05, 0) is 89.9 Å². The van der Waals surface area contributed by atoms with Crippen molar-refractivity contribution < 1.29 is 28.6 Å². The average molecular weight is 845 g/mol. The number of hydrogen-bond donors (Lipinski definition) is 0. The number of carbonyl (C=O) groups is 3. The summed E-state index contributed by atoms with van der Waals surface area (Å²) in [6, 6.07) is 0. The van der Waals surface area contributed by atoms with Crippen molar-refractivity contribution in [2.45, 2.75) is 207 Å². The Bertz CT molecular complexity index is 1290. The summed E-state index contributed by atoms with van der Waals surface area (Å²) in [5, 5.41) is 0. The monoisotopic (exact) mass is 845 g/mol. The molecule has 0 heterocycles. The first-order chi connectivity index (χ1) is 30.0. The Kier molecular flexibility index (Phi) is 45.6. The number of esters is 3. The zero-order valence-electron chi connectivity index (χ0n) is 39.1. The van der Waals surface area contributed by atoms with Gasteiger partial charge in [0, 0.05) is 19.3 Å². The maximum Gasteiger partial charge on any atom is 0.306 e. The number of hydrogen-bond acceptors (Lipinski definition) is 6. The van der Waals surface area contributed by atoms with Crippen molar-refractivity contribution in [1.29, 1.82) is 0 Å². The lowest BCUT2D eigenvalue weighted by molar-refractivity contribution is -0.167. The molecule has 0 N–H and O–H groups in total. The molecule has 0 amide bonds. The Morgan fingerprint density at radius 3 is 1.28 bits per heavy atom. The zero-order chi connectivity index (χ0) is 44.4. The third-order valence-corrected chi connectivity index (χ3v) is 9.87. The third-order valence-electron chi connectivity index (χ3n) is 9.87. The molecular formula is C55H88O6. The van der Waals surface area contributed by atoms with E-state index in [0.717, 1.165) is 96.3 Å². The fourth-order valence-corrected chi connectivity index (χ4v) is 6.24. The molecule has 344 valence electrons. The van der Waals surface area contributed by atoms with E-state index < -0.39 is 6.10 Å². The lowest BCUT2D eigenvalue weighted by Crippen LogP contribution is -2.30. The molecule has 0 saturated carbocycles. The molecule has 0 radical (unpaired) electrons. The van der Waals surface area contributed by atoms with Crippen molar-refractivity contribution in [3.63, 3.8) is 0 Å². The first-order valence-corrected chi connectivity index (χ1v) is 24.5.